The smallest absolute Gasteiger partial charge is 0.261 e. The lowest BCUT2D eigenvalue weighted by atomic mass is 10.2. The van der Waals surface area contributed by atoms with E-state index in [2.05, 4.69) is 5.32 Å². The molecule has 0 heterocycles. The maximum Gasteiger partial charge on any atom is 0.261 e. The molecule has 1 amide bonds. The Morgan fingerprint density at radius 1 is 1.09 bits per heavy atom. The van der Waals surface area contributed by atoms with Crippen molar-refractivity contribution in [2.45, 2.75) is 33.4 Å². The van der Waals surface area contributed by atoms with Gasteiger partial charge in [0.25, 0.3) is 5.91 Å². The molecule has 0 unspecified atom stereocenters. The molecule has 1 atom stereocenters. The van der Waals surface area contributed by atoms with E-state index in [0.29, 0.717) is 13.2 Å². The first-order valence-corrected chi connectivity index (χ1v) is 7.82. The van der Waals surface area contributed by atoms with Gasteiger partial charge in [0, 0.05) is 12.1 Å². The van der Waals surface area contributed by atoms with E-state index < -0.39 is 6.10 Å². The molecule has 0 bridgehead atoms. The lowest BCUT2D eigenvalue weighted by Gasteiger charge is -2.17. The minimum absolute atomic E-state index is 0.153. The van der Waals surface area contributed by atoms with Gasteiger partial charge in [0.2, 0.25) is 0 Å². The monoisotopic (exact) mass is 313 g/mol. The first kappa shape index (κ1) is 16.9. The lowest BCUT2D eigenvalue weighted by molar-refractivity contribution is -0.127. The molecular formula is C19H23NO3. The highest BCUT2D eigenvalue weighted by atomic mass is 16.5. The molecule has 4 heteroatoms. The minimum atomic E-state index is -0.560. The van der Waals surface area contributed by atoms with Crippen LogP contribution in [0.1, 0.15) is 25.0 Å². The van der Waals surface area contributed by atoms with Gasteiger partial charge in [-0.15, -0.1) is 0 Å². The number of aryl methyl sites for hydroxylation is 1. The summed E-state index contributed by atoms with van der Waals surface area (Å²) in [5.41, 5.74) is 1.96. The van der Waals surface area contributed by atoms with Crippen LogP contribution in [0.5, 0.6) is 11.5 Å². The summed E-state index contributed by atoms with van der Waals surface area (Å²) in [6, 6.07) is 15.3. The average molecular weight is 313 g/mol. The van der Waals surface area contributed by atoms with Gasteiger partial charge in [-0.05, 0) is 38.5 Å². The van der Waals surface area contributed by atoms with Crippen LogP contribution in [0, 0.1) is 6.92 Å². The van der Waals surface area contributed by atoms with Gasteiger partial charge in [-0.25, -0.2) is 0 Å². The predicted molar refractivity (Wildman–Crippen MR) is 90.7 cm³/mol. The molecule has 2 aromatic carbocycles. The number of hydrogen-bond acceptors (Lipinski definition) is 3. The fourth-order valence-electron chi connectivity index (χ4n) is 2.20. The predicted octanol–water partition coefficient (Wildman–Crippen LogP) is 3.48. The Balaban J connectivity index is 1.93. The van der Waals surface area contributed by atoms with Crippen molar-refractivity contribution >= 4 is 5.91 Å². The first-order chi connectivity index (χ1) is 11.1. The van der Waals surface area contributed by atoms with Gasteiger partial charge in [0.1, 0.15) is 11.5 Å². The number of carbonyl (C=O) groups excluding carboxylic acids is 1. The van der Waals surface area contributed by atoms with Crippen LogP contribution >= 0.6 is 0 Å². The maximum absolute atomic E-state index is 12.2. The quantitative estimate of drug-likeness (QED) is 0.851. The Morgan fingerprint density at radius 2 is 1.74 bits per heavy atom. The van der Waals surface area contributed by atoms with E-state index in [9.17, 15) is 4.79 Å². The van der Waals surface area contributed by atoms with E-state index in [1.165, 1.54) is 0 Å². The van der Waals surface area contributed by atoms with Crippen molar-refractivity contribution < 1.29 is 14.3 Å². The average Bonchev–Trinajstić information content (AvgIpc) is 2.56. The number of ether oxygens (including phenoxy) is 2. The van der Waals surface area contributed by atoms with Gasteiger partial charge >= 0.3 is 0 Å². The number of para-hydroxylation sites is 2. The van der Waals surface area contributed by atoms with Crippen molar-refractivity contribution in [2.24, 2.45) is 0 Å². The van der Waals surface area contributed by atoms with Crippen molar-refractivity contribution in [1.29, 1.82) is 0 Å². The summed E-state index contributed by atoms with van der Waals surface area (Å²) in [7, 11) is 0. The zero-order valence-electron chi connectivity index (χ0n) is 13.8. The Morgan fingerprint density at radius 3 is 2.43 bits per heavy atom. The van der Waals surface area contributed by atoms with E-state index >= 15 is 0 Å². The van der Waals surface area contributed by atoms with Gasteiger partial charge in [-0.3, -0.25) is 4.79 Å². The number of amides is 1. The second-order valence-electron chi connectivity index (χ2n) is 5.28. The van der Waals surface area contributed by atoms with Crippen molar-refractivity contribution in [3.63, 3.8) is 0 Å². The van der Waals surface area contributed by atoms with Gasteiger partial charge in [0.15, 0.2) is 6.10 Å². The molecule has 0 aromatic heterocycles. The number of rotatable bonds is 7. The van der Waals surface area contributed by atoms with Crippen LogP contribution in [0.15, 0.2) is 48.5 Å². The summed E-state index contributed by atoms with van der Waals surface area (Å²) in [4.78, 5) is 12.2. The molecular weight excluding hydrogens is 290 g/mol. The molecule has 0 radical (unpaired) electrons. The van der Waals surface area contributed by atoms with Crippen molar-refractivity contribution in [3.8, 4) is 11.5 Å². The molecule has 2 aromatic rings. The molecule has 0 fully saturated rings. The van der Waals surface area contributed by atoms with Crippen LogP contribution in [-0.2, 0) is 11.3 Å². The SMILES string of the molecule is CCOc1ccccc1CNC(=O)[C@H](C)Oc1ccccc1C. The Labute approximate surface area is 137 Å². The molecule has 0 aliphatic rings. The second-order valence-corrected chi connectivity index (χ2v) is 5.28. The highest BCUT2D eigenvalue weighted by Gasteiger charge is 2.15. The molecule has 1 N–H and O–H groups in total. The number of hydrogen-bond donors (Lipinski definition) is 1. The van der Waals surface area contributed by atoms with Crippen molar-refractivity contribution in [1.82, 2.24) is 5.32 Å². The van der Waals surface area contributed by atoms with E-state index in [0.717, 1.165) is 22.6 Å². The van der Waals surface area contributed by atoms with Crippen LogP contribution < -0.4 is 14.8 Å². The number of nitrogens with one attached hydrogen (secondary N) is 1. The molecule has 4 nitrogen and oxygen atoms in total. The maximum atomic E-state index is 12.2. The van der Waals surface area contributed by atoms with Crippen LogP contribution in [0.3, 0.4) is 0 Å². The normalized spacial score (nSPS) is 11.6. The summed E-state index contributed by atoms with van der Waals surface area (Å²) in [5, 5.41) is 2.89. The Hall–Kier alpha value is -2.49. The Bertz CT molecular complexity index is 655. The second kappa shape index (κ2) is 8.22. The van der Waals surface area contributed by atoms with Crippen molar-refractivity contribution in [3.05, 3.63) is 59.7 Å². The van der Waals surface area contributed by atoms with Gasteiger partial charge < -0.3 is 14.8 Å². The van der Waals surface area contributed by atoms with E-state index in [4.69, 9.17) is 9.47 Å². The molecule has 0 saturated heterocycles. The lowest BCUT2D eigenvalue weighted by Crippen LogP contribution is -2.36. The van der Waals surface area contributed by atoms with E-state index in [1.54, 1.807) is 6.92 Å². The summed E-state index contributed by atoms with van der Waals surface area (Å²) in [5.74, 6) is 1.37. The van der Waals surface area contributed by atoms with Gasteiger partial charge in [-0.1, -0.05) is 36.4 Å². The third-order valence-corrected chi connectivity index (χ3v) is 3.49. The topological polar surface area (TPSA) is 47.6 Å². The van der Waals surface area contributed by atoms with Gasteiger partial charge in [-0.2, -0.15) is 0 Å². The summed E-state index contributed by atoms with van der Waals surface area (Å²) in [6.07, 6.45) is -0.560. The largest absolute Gasteiger partial charge is 0.494 e. The first-order valence-electron chi connectivity index (χ1n) is 7.82. The molecule has 23 heavy (non-hydrogen) atoms. The van der Waals surface area contributed by atoms with Crippen molar-refractivity contribution in [2.75, 3.05) is 6.61 Å². The van der Waals surface area contributed by atoms with Crippen LogP contribution in [0.2, 0.25) is 0 Å². The fraction of sp³-hybridized carbons (Fsp3) is 0.316. The molecule has 122 valence electrons. The molecule has 0 aliphatic carbocycles. The molecule has 0 aliphatic heterocycles. The van der Waals surface area contributed by atoms with Crippen LogP contribution in [0.4, 0.5) is 0 Å². The standard InChI is InChI=1S/C19H23NO3/c1-4-22-18-12-8-6-10-16(18)13-20-19(21)15(3)23-17-11-7-5-9-14(17)2/h5-12,15H,4,13H2,1-3H3,(H,20,21)/t15-/m0/s1. The van der Waals surface area contributed by atoms with Gasteiger partial charge in [0.05, 0.1) is 6.61 Å². The molecule has 0 saturated carbocycles. The highest BCUT2D eigenvalue weighted by molar-refractivity contribution is 5.80. The zero-order valence-corrected chi connectivity index (χ0v) is 13.8. The van der Waals surface area contributed by atoms with Crippen LogP contribution in [-0.4, -0.2) is 18.6 Å². The minimum Gasteiger partial charge on any atom is -0.494 e. The third kappa shape index (κ3) is 4.74. The number of carbonyl (C=O) groups is 1. The van der Waals surface area contributed by atoms with E-state index in [-0.39, 0.29) is 5.91 Å². The zero-order chi connectivity index (χ0) is 16.7. The third-order valence-electron chi connectivity index (χ3n) is 3.49. The van der Waals surface area contributed by atoms with Crippen LogP contribution in [0.25, 0.3) is 0 Å². The Kier molecular flexibility index (Phi) is 6.03. The molecule has 0 spiro atoms. The molecule has 2 rings (SSSR count). The highest BCUT2D eigenvalue weighted by Crippen LogP contribution is 2.19. The fourth-order valence-corrected chi connectivity index (χ4v) is 2.20. The van der Waals surface area contributed by atoms with E-state index in [1.807, 2.05) is 62.4 Å². The number of benzene rings is 2. The summed E-state index contributed by atoms with van der Waals surface area (Å²) in [6.45, 7) is 6.65. The summed E-state index contributed by atoms with van der Waals surface area (Å²) >= 11 is 0. The summed E-state index contributed by atoms with van der Waals surface area (Å²) < 4.78 is 11.3.